The molecule has 2 aromatic carbocycles. The minimum absolute atomic E-state index is 0.0650. The summed E-state index contributed by atoms with van der Waals surface area (Å²) in [5.74, 6) is 1.20. The van der Waals surface area contributed by atoms with Crippen LogP contribution in [0.2, 0.25) is 0 Å². The van der Waals surface area contributed by atoms with Crippen molar-refractivity contribution < 1.29 is 19.1 Å². The van der Waals surface area contributed by atoms with E-state index in [1.165, 1.54) is 0 Å². The Balaban J connectivity index is 1.72. The second-order valence-corrected chi connectivity index (χ2v) is 6.58. The van der Waals surface area contributed by atoms with Gasteiger partial charge in [0, 0.05) is 23.9 Å². The summed E-state index contributed by atoms with van der Waals surface area (Å²) in [5.41, 5.74) is 1.60. The zero-order valence-corrected chi connectivity index (χ0v) is 15.8. The Morgan fingerprint density at radius 1 is 1.11 bits per heavy atom. The number of nitrogens with zero attached hydrogens (tertiary/aromatic N) is 2. The molecular weight excluding hydrogens is 344 g/mol. The zero-order chi connectivity index (χ0) is 19.4. The molecule has 0 saturated carbocycles. The highest BCUT2D eigenvalue weighted by Crippen LogP contribution is 2.26. The summed E-state index contributed by atoms with van der Waals surface area (Å²) in [6.45, 7) is 2.49. The molecule has 0 unspecified atom stereocenters. The SMILES string of the molecule is COc1cccc(N2C(=O)CN(C(=O)Cc3ccccc3OC)C[C@H]2C)c1. The van der Waals surface area contributed by atoms with Crippen molar-refractivity contribution in [3.8, 4) is 11.5 Å². The first-order chi connectivity index (χ1) is 13.0. The summed E-state index contributed by atoms with van der Waals surface area (Å²) in [4.78, 5) is 28.9. The molecule has 6 heteroatoms. The van der Waals surface area contributed by atoms with Crippen LogP contribution in [0.15, 0.2) is 48.5 Å². The van der Waals surface area contributed by atoms with E-state index in [2.05, 4.69) is 0 Å². The lowest BCUT2D eigenvalue weighted by atomic mass is 10.1. The fourth-order valence-electron chi connectivity index (χ4n) is 3.42. The quantitative estimate of drug-likeness (QED) is 0.814. The molecule has 6 nitrogen and oxygen atoms in total. The first kappa shape index (κ1) is 18.8. The number of methoxy groups -OCH3 is 2. The van der Waals surface area contributed by atoms with Crippen molar-refractivity contribution in [3.05, 3.63) is 54.1 Å². The van der Waals surface area contributed by atoms with Crippen LogP contribution in [0.1, 0.15) is 12.5 Å². The predicted octanol–water partition coefficient (Wildman–Crippen LogP) is 2.51. The maximum absolute atomic E-state index is 12.8. The first-order valence-corrected chi connectivity index (χ1v) is 8.89. The van der Waals surface area contributed by atoms with E-state index < -0.39 is 0 Å². The largest absolute Gasteiger partial charge is 0.497 e. The molecule has 0 bridgehead atoms. The maximum Gasteiger partial charge on any atom is 0.246 e. The summed E-state index contributed by atoms with van der Waals surface area (Å²) in [6.07, 6.45) is 0.211. The smallest absolute Gasteiger partial charge is 0.246 e. The molecule has 0 aromatic heterocycles. The van der Waals surface area contributed by atoms with Gasteiger partial charge in [-0.1, -0.05) is 24.3 Å². The molecule has 1 saturated heterocycles. The predicted molar refractivity (Wildman–Crippen MR) is 103 cm³/mol. The second-order valence-electron chi connectivity index (χ2n) is 6.58. The number of piperazine rings is 1. The summed E-state index contributed by atoms with van der Waals surface area (Å²) in [5, 5.41) is 0. The van der Waals surface area contributed by atoms with E-state index in [1.54, 1.807) is 24.0 Å². The highest BCUT2D eigenvalue weighted by atomic mass is 16.5. The van der Waals surface area contributed by atoms with Crippen LogP contribution in [-0.4, -0.2) is 50.1 Å². The first-order valence-electron chi connectivity index (χ1n) is 8.89. The third kappa shape index (κ3) is 4.05. The standard InChI is InChI=1S/C21H24N2O4/c1-15-13-22(20(24)11-16-7-4-5-10-19(16)27-3)14-21(25)23(15)17-8-6-9-18(12-17)26-2/h4-10,12,15H,11,13-14H2,1-3H3/t15-/m1/s1. The maximum atomic E-state index is 12.8. The van der Waals surface area contributed by atoms with Gasteiger partial charge in [-0.05, 0) is 25.1 Å². The summed E-state index contributed by atoms with van der Waals surface area (Å²) in [7, 11) is 3.18. The van der Waals surface area contributed by atoms with Crippen LogP contribution in [0.25, 0.3) is 0 Å². The minimum atomic E-state index is -0.125. The molecule has 2 aromatic rings. The molecule has 3 rings (SSSR count). The van der Waals surface area contributed by atoms with Crippen LogP contribution in [0.3, 0.4) is 0 Å². The molecule has 1 fully saturated rings. The fourth-order valence-corrected chi connectivity index (χ4v) is 3.42. The van der Waals surface area contributed by atoms with Crippen LogP contribution in [0, 0.1) is 0 Å². The third-order valence-electron chi connectivity index (χ3n) is 4.74. The Hall–Kier alpha value is -3.02. The van der Waals surface area contributed by atoms with Gasteiger partial charge in [0.2, 0.25) is 11.8 Å². The van der Waals surface area contributed by atoms with Crippen molar-refractivity contribution in [2.45, 2.75) is 19.4 Å². The molecule has 0 N–H and O–H groups in total. The lowest BCUT2D eigenvalue weighted by Crippen LogP contribution is -2.57. The van der Waals surface area contributed by atoms with Crippen LogP contribution < -0.4 is 14.4 Å². The Labute approximate surface area is 159 Å². The van der Waals surface area contributed by atoms with Gasteiger partial charge in [0.15, 0.2) is 0 Å². The van der Waals surface area contributed by atoms with Crippen LogP contribution in [0.4, 0.5) is 5.69 Å². The average Bonchev–Trinajstić information content (AvgIpc) is 2.68. The third-order valence-corrected chi connectivity index (χ3v) is 4.74. The van der Waals surface area contributed by atoms with Gasteiger partial charge in [-0.15, -0.1) is 0 Å². The van der Waals surface area contributed by atoms with Crippen LogP contribution >= 0.6 is 0 Å². The molecule has 1 heterocycles. The molecule has 1 atom stereocenters. The van der Waals surface area contributed by atoms with Crippen molar-refractivity contribution in [2.75, 3.05) is 32.2 Å². The van der Waals surface area contributed by atoms with E-state index in [1.807, 2.05) is 55.5 Å². The van der Waals surface area contributed by atoms with Crippen molar-refractivity contribution in [1.82, 2.24) is 4.90 Å². The Bertz CT molecular complexity index is 836. The van der Waals surface area contributed by atoms with Gasteiger partial charge in [0.1, 0.15) is 18.0 Å². The van der Waals surface area contributed by atoms with Gasteiger partial charge in [-0.3, -0.25) is 9.59 Å². The molecule has 1 aliphatic heterocycles. The number of hydrogen-bond acceptors (Lipinski definition) is 4. The van der Waals surface area contributed by atoms with Gasteiger partial charge in [-0.25, -0.2) is 0 Å². The molecule has 2 amide bonds. The number of amides is 2. The van der Waals surface area contributed by atoms with E-state index in [0.717, 1.165) is 11.3 Å². The summed E-state index contributed by atoms with van der Waals surface area (Å²) < 4.78 is 10.6. The average molecular weight is 368 g/mol. The van der Waals surface area contributed by atoms with E-state index in [0.29, 0.717) is 18.0 Å². The number of carbonyl (C=O) groups is 2. The second kappa shape index (κ2) is 8.12. The van der Waals surface area contributed by atoms with E-state index >= 15 is 0 Å². The van der Waals surface area contributed by atoms with Gasteiger partial charge in [0.25, 0.3) is 0 Å². The highest BCUT2D eigenvalue weighted by molar-refractivity contribution is 5.99. The minimum Gasteiger partial charge on any atom is -0.497 e. The number of benzene rings is 2. The number of hydrogen-bond donors (Lipinski definition) is 0. The molecular formula is C21H24N2O4. The van der Waals surface area contributed by atoms with Crippen molar-refractivity contribution >= 4 is 17.5 Å². The van der Waals surface area contributed by atoms with E-state index in [9.17, 15) is 9.59 Å². The van der Waals surface area contributed by atoms with Gasteiger partial charge in [0.05, 0.1) is 26.7 Å². The van der Waals surface area contributed by atoms with Crippen molar-refractivity contribution in [2.24, 2.45) is 0 Å². The molecule has 27 heavy (non-hydrogen) atoms. The number of rotatable bonds is 5. The zero-order valence-electron chi connectivity index (χ0n) is 15.8. The molecule has 142 valence electrons. The Morgan fingerprint density at radius 3 is 2.59 bits per heavy atom. The molecule has 0 radical (unpaired) electrons. The number of para-hydroxylation sites is 1. The highest BCUT2D eigenvalue weighted by Gasteiger charge is 2.33. The lowest BCUT2D eigenvalue weighted by molar-refractivity contribution is -0.137. The molecule has 0 aliphatic carbocycles. The van der Waals surface area contributed by atoms with Crippen molar-refractivity contribution in [1.29, 1.82) is 0 Å². The number of carbonyl (C=O) groups excluding carboxylic acids is 2. The monoisotopic (exact) mass is 368 g/mol. The summed E-state index contributed by atoms with van der Waals surface area (Å²) in [6, 6.07) is 14.7. The lowest BCUT2D eigenvalue weighted by Gasteiger charge is -2.39. The van der Waals surface area contributed by atoms with Gasteiger partial charge < -0.3 is 19.3 Å². The fraction of sp³-hybridized carbons (Fsp3) is 0.333. The van der Waals surface area contributed by atoms with E-state index in [4.69, 9.17) is 9.47 Å². The van der Waals surface area contributed by atoms with Crippen LogP contribution in [0.5, 0.6) is 11.5 Å². The Morgan fingerprint density at radius 2 is 1.89 bits per heavy atom. The topological polar surface area (TPSA) is 59.1 Å². The molecule has 0 spiro atoms. The van der Waals surface area contributed by atoms with Crippen molar-refractivity contribution in [3.63, 3.8) is 0 Å². The van der Waals surface area contributed by atoms with Gasteiger partial charge >= 0.3 is 0 Å². The molecule has 1 aliphatic rings. The summed E-state index contributed by atoms with van der Waals surface area (Å²) >= 11 is 0. The van der Waals surface area contributed by atoms with E-state index in [-0.39, 0.29) is 30.8 Å². The van der Waals surface area contributed by atoms with Crippen LogP contribution in [-0.2, 0) is 16.0 Å². The Kier molecular flexibility index (Phi) is 5.64. The number of ether oxygens (including phenoxy) is 2. The van der Waals surface area contributed by atoms with Gasteiger partial charge in [-0.2, -0.15) is 0 Å². The number of anilines is 1. The normalized spacial score (nSPS) is 17.0.